The quantitative estimate of drug-likeness (QED) is 0.680. The number of hydrogen-bond acceptors (Lipinski definition) is 2. The van der Waals surface area contributed by atoms with Gasteiger partial charge in [0.1, 0.15) is 0 Å². The first-order chi connectivity index (χ1) is 9.52. The number of benzene rings is 1. The van der Waals surface area contributed by atoms with E-state index >= 15 is 0 Å². The van der Waals surface area contributed by atoms with Crippen molar-refractivity contribution in [3.8, 4) is 0 Å². The molecule has 1 N–H and O–H groups in total. The maximum absolute atomic E-state index is 6.27. The fourth-order valence-electron chi connectivity index (χ4n) is 2.38. The summed E-state index contributed by atoms with van der Waals surface area (Å²) in [6.07, 6.45) is 2.16. The number of hydrogen-bond donors (Lipinski definition) is 1. The molecule has 1 aromatic carbocycles. The van der Waals surface area contributed by atoms with Crippen molar-refractivity contribution >= 4 is 23.2 Å². The zero-order chi connectivity index (χ0) is 15.0. The van der Waals surface area contributed by atoms with Gasteiger partial charge in [-0.15, -0.1) is 0 Å². The third-order valence-electron chi connectivity index (χ3n) is 3.24. The normalized spacial score (nSPS) is 12.9. The molecule has 0 aromatic heterocycles. The molecule has 0 heterocycles. The molecule has 0 spiro atoms. The van der Waals surface area contributed by atoms with Crippen LogP contribution in [0.2, 0.25) is 10.0 Å². The average molecular weight is 318 g/mol. The lowest BCUT2D eigenvalue weighted by Crippen LogP contribution is -2.28. The van der Waals surface area contributed by atoms with Crippen LogP contribution in [0.4, 0.5) is 0 Å². The minimum absolute atomic E-state index is 0.575. The topological polar surface area (TPSA) is 21.3 Å². The predicted molar refractivity (Wildman–Crippen MR) is 87.9 cm³/mol. The zero-order valence-electron chi connectivity index (χ0n) is 12.6. The van der Waals surface area contributed by atoms with Crippen LogP contribution in [0.25, 0.3) is 0 Å². The van der Waals surface area contributed by atoms with E-state index in [1.54, 1.807) is 7.11 Å². The van der Waals surface area contributed by atoms with Gasteiger partial charge in [0.05, 0.1) is 6.61 Å². The first kappa shape index (κ1) is 17.8. The lowest BCUT2D eigenvalue weighted by atomic mass is 9.91. The Kier molecular flexibility index (Phi) is 8.55. The molecule has 1 unspecified atom stereocenters. The van der Waals surface area contributed by atoms with Crippen LogP contribution >= 0.6 is 23.2 Å². The molecule has 2 nitrogen and oxygen atoms in total. The van der Waals surface area contributed by atoms with E-state index in [0.29, 0.717) is 16.9 Å². The number of halogens is 2. The average Bonchev–Trinajstić information content (AvgIpc) is 2.37. The van der Waals surface area contributed by atoms with Crippen LogP contribution in [0, 0.1) is 11.8 Å². The molecule has 0 radical (unpaired) electrons. The Balaban J connectivity index is 2.58. The summed E-state index contributed by atoms with van der Waals surface area (Å²) < 4.78 is 5.06. The Morgan fingerprint density at radius 3 is 2.60 bits per heavy atom. The van der Waals surface area contributed by atoms with Gasteiger partial charge < -0.3 is 10.1 Å². The van der Waals surface area contributed by atoms with Crippen LogP contribution < -0.4 is 5.32 Å². The standard InChI is InChI=1S/C16H25Cl2NO/c1-12(2)8-13(11-19-6-7-20-3)9-14-4-5-15(17)10-16(14)18/h4-5,10,12-13,19H,6-9,11H2,1-3H3. The SMILES string of the molecule is COCCNCC(Cc1ccc(Cl)cc1Cl)CC(C)C. The maximum atomic E-state index is 6.27. The van der Waals surface area contributed by atoms with E-state index < -0.39 is 0 Å². The van der Waals surface area contributed by atoms with Gasteiger partial charge in [0, 0.05) is 23.7 Å². The van der Waals surface area contributed by atoms with Gasteiger partial charge in [0.2, 0.25) is 0 Å². The van der Waals surface area contributed by atoms with Gasteiger partial charge in [-0.25, -0.2) is 0 Å². The second kappa shape index (κ2) is 9.62. The smallest absolute Gasteiger partial charge is 0.0587 e. The monoisotopic (exact) mass is 317 g/mol. The van der Waals surface area contributed by atoms with Crippen LogP contribution in [0.15, 0.2) is 18.2 Å². The van der Waals surface area contributed by atoms with Gasteiger partial charge in [-0.05, 0) is 48.9 Å². The van der Waals surface area contributed by atoms with Gasteiger partial charge in [0.15, 0.2) is 0 Å². The Morgan fingerprint density at radius 1 is 1.25 bits per heavy atom. The summed E-state index contributed by atoms with van der Waals surface area (Å²) in [5.41, 5.74) is 1.18. The van der Waals surface area contributed by atoms with Crippen LogP contribution in [0.3, 0.4) is 0 Å². The minimum atomic E-state index is 0.575. The van der Waals surface area contributed by atoms with Crippen molar-refractivity contribution in [2.24, 2.45) is 11.8 Å². The van der Waals surface area contributed by atoms with Crippen molar-refractivity contribution in [2.75, 3.05) is 26.8 Å². The van der Waals surface area contributed by atoms with Gasteiger partial charge in [-0.1, -0.05) is 43.1 Å². The molecule has 0 bridgehead atoms. The lowest BCUT2D eigenvalue weighted by Gasteiger charge is -2.20. The molecule has 0 amide bonds. The summed E-state index contributed by atoms with van der Waals surface area (Å²) in [6, 6.07) is 5.77. The van der Waals surface area contributed by atoms with E-state index in [1.165, 1.54) is 12.0 Å². The highest BCUT2D eigenvalue weighted by molar-refractivity contribution is 6.35. The fourth-order valence-corrected chi connectivity index (χ4v) is 2.87. The highest BCUT2D eigenvalue weighted by Crippen LogP contribution is 2.25. The van der Waals surface area contributed by atoms with Gasteiger partial charge in [-0.2, -0.15) is 0 Å². The number of ether oxygens (including phenoxy) is 1. The third-order valence-corrected chi connectivity index (χ3v) is 3.83. The van der Waals surface area contributed by atoms with Crippen molar-refractivity contribution in [3.05, 3.63) is 33.8 Å². The van der Waals surface area contributed by atoms with Crippen LogP contribution in [0.1, 0.15) is 25.8 Å². The molecule has 0 aliphatic rings. The molecule has 1 rings (SSSR count). The zero-order valence-corrected chi connectivity index (χ0v) is 14.1. The van der Waals surface area contributed by atoms with Crippen molar-refractivity contribution in [3.63, 3.8) is 0 Å². The summed E-state index contributed by atoms with van der Waals surface area (Å²) in [5, 5.41) is 4.91. The molecular weight excluding hydrogens is 293 g/mol. The highest BCUT2D eigenvalue weighted by Gasteiger charge is 2.13. The Bertz CT molecular complexity index is 396. The van der Waals surface area contributed by atoms with Crippen molar-refractivity contribution < 1.29 is 4.74 Å². The Hall–Kier alpha value is -0.280. The fraction of sp³-hybridized carbons (Fsp3) is 0.625. The molecule has 4 heteroatoms. The Labute approximate surface area is 132 Å². The summed E-state index contributed by atoms with van der Waals surface area (Å²) in [7, 11) is 1.72. The molecule has 0 saturated carbocycles. The van der Waals surface area contributed by atoms with E-state index in [4.69, 9.17) is 27.9 Å². The second-order valence-electron chi connectivity index (χ2n) is 5.63. The molecule has 0 fully saturated rings. The van der Waals surface area contributed by atoms with Crippen LogP contribution in [0.5, 0.6) is 0 Å². The van der Waals surface area contributed by atoms with Crippen molar-refractivity contribution in [1.29, 1.82) is 0 Å². The first-order valence-electron chi connectivity index (χ1n) is 7.16. The summed E-state index contributed by atoms with van der Waals surface area (Å²) in [5.74, 6) is 1.25. The van der Waals surface area contributed by atoms with Crippen molar-refractivity contribution in [2.45, 2.75) is 26.7 Å². The largest absolute Gasteiger partial charge is 0.383 e. The summed E-state index contributed by atoms with van der Waals surface area (Å²) in [6.45, 7) is 7.13. The predicted octanol–water partition coefficient (Wildman–Crippen LogP) is 4.43. The molecular formula is C16H25Cl2NO. The molecule has 20 heavy (non-hydrogen) atoms. The highest BCUT2D eigenvalue weighted by atomic mass is 35.5. The van der Waals surface area contributed by atoms with Gasteiger partial charge in [0.25, 0.3) is 0 Å². The first-order valence-corrected chi connectivity index (χ1v) is 7.92. The second-order valence-corrected chi connectivity index (χ2v) is 6.48. The van der Waals surface area contributed by atoms with E-state index in [0.717, 1.165) is 31.1 Å². The van der Waals surface area contributed by atoms with E-state index in [9.17, 15) is 0 Å². The molecule has 1 aromatic rings. The van der Waals surface area contributed by atoms with Crippen molar-refractivity contribution in [1.82, 2.24) is 5.32 Å². The molecule has 114 valence electrons. The molecule has 1 atom stereocenters. The van der Waals surface area contributed by atoms with Gasteiger partial charge in [-0.3, -0.25) is 0 Å². The third kappa shape index (κ3) is 6.94. The van der Waals surface area contributed by atoms with E-state index in [2.05, 4.69) is 19.2 Å². The minimum Gasteiger partial charge on any atom is -0.383 e. The summed E-state index contributed by atoms with van der Waals surface area (Å²) in [4.78, 5) is 0. The number of rotatable bonds is 9. The number of nitrogens with one attached hydrogen (secondary N) is 1. The van der Waals surface area contributed by atoms with E-state index in [-0.39, 0.29) is 0 Å². The molecule has 0 aliphatic heterocycles. The lowest BCUT2D eigenvalue weighted by molar-refractivity contribution is 0.197. The maximum Gasteiger partial charge on any atom is 0.0587 e. The number of methoxy groups -OCH3 is 1. The summed E-state index contributed by atoms with van der Waals surface area (Å²) >= 11 is 12.2. The molecule has 0 saturated heterocycles. The van der Waals surface area contributed by atoms with E-state index in [1.807, 2.05) is 18.2 Å². The Morgan fingerprint density at radius 2 is 2.00 bits per heavy atom. The molecule has 0 aliphatic carbocycles. The van der Waals surface area contributed by atoms with Crippen LogP contribution in [-0.4, -0.2) is 26.8 Å². The van der Waals surface area contributed by atoms with Gasteiger partial charge >= 0.3 is 0 Å². The van der Waals surface area contributed by atoms with Crippen LogP contribution in [-0.2, 0) is 11.2 Å².